The minimum Gasteiger partial charge on any atom is -0.467 e. The summed E-state index contributed by atoms with van der Waals surface area (Å²) in [7, 11) is 1.16. The molecule has 0 aromatic carbocycles. The number of hydrogen-bond acceptors (Lipinski definition) is 4. The molecule has 1 N–H and O–H groups in total. The van der Waals surface area contributed by atoms with Crippen LogP contribution >= 0.6 is 0 Å². The summed E-state index contributed by atoms with van der Waals surface area (Å²) < 4.78 is 43.9. The molecule has 0 aromatic heterocycles. The van der Waals surface area contributed by atoms with Crippen molar-refractivity contribution in [3.63, 3.8) is 0 Å². The Morgan fingerprint density at radius 2 is 1.83 bits per heavy atom. The predicted molar refractivity (Wildman–Crippen MR) is 55.7 cm³/mol. The summed E-state index contributed by atoms with van der Waals surface area (Å²) >= 11 is 0. The molecule has 18 heavy (non-hydrogen) atoms. The summed E-state index contributed by atoms with van der Waals surface area (Å²) in [6.07, 6.45) is -4.49. The van der Waals surface area contributed by atoms with Crippen LogP contribution in [0.4, 0.5) is 13.2 Å². The quantitative estimate of drug-likeness (QED) is 0.728. The van der Waals surface area contributed by atoms with E-state index in [0.717, 1.165) is 7.11 Å². The molecular formula is C10H16F3NO4. The van der Waals surface area contributed by atoms with Crippen molar-refractivity contribution < 1.29 is 32.2 Å². The smallest absolute Gasteiger partial charge is 0.411 e. The van der Waals surface area contributed by atoms with Crippen molar-refractivity contribution in [2.75, 3.05) is 20.3 Å². The van der Waals surface area contributed by atoms with E-state index >= 15 is 0 Å². The zero-order valence-electron chi connectivity index (χ0n) is 10.3. The lowest BCUT2D eigenvalue weighted by molar-refractivity contribution is -0.176. The Bertz CT molecular complexity index is 291. The van der Waals surface area contributed by atoms with Gasteiger partial charge >= 0.3 is 12.1 Å². The fourth-order valence-electron chi connectivity index (χ4n) is 1.10. The fourth-order valence-corrected chi connectivity index (χ4v) is 1.10. The van der Waals surface area contributed by atoms with Crippen LogP contribution in [0.3, 0.4) is 0 Å². The maximum atomic E-state index is 11.7. The topological polar surface area (TPSA) is 64.6 Å². The highest BCUT2D eigenvalue weighted by Gasteiger charge is 2.29. The second-order valence-corrected chi connectivity index (χ2v) is 3.92. The van der Waals surface area contributed by atoms with Gasteiger partial charge in [0.2, 0.25) is 5.91 Å². The molecule has 0 fully saturated rings. The van der Waals surface area contributed by atoms with Gasteiger partial charge in [-0.05, 0) is 5.92 Å². The van der Waals surface area contributed by atoms with Crippen LogP contribution < -0.4 is 5.32 Å². The van der Waals surface area contributed by atoms with Gasteiger partial charge in [0.05, 0.1) is 7.11 Å². The van der Waals surface area contributed by atoms with Crippen molar-refractivity contribution in [1.29, 1.82) is 0 Å². The number of esters is 1. The Balaban J connectivity index is 4.15. The van der Waals surface area contributed by atoms with Crippen molar-refractivity contribution in [2.45, 2.75) is 26.1 Å². The van der Waals surface area contributed by atoms with Crippen molar-refractivity contribution in [1.82, 2.24) is 5.32 Å². The summed E-state index contributed by atoms with van der Waals surface area (Å²) in [6, 6.07) is -0.906. The first kappa shape index (κ1) is 16.7. The number of nitrogens with one attached hydrogen (secondary N) is 1. The molecule has 8 heteroatoms. The summed E-state index contributed by atoms with van der Waals surface area (Å²) in [5, 5.41) is 2.25. The van der Waals surface area contributed by atoms with Crippen LogP contribution in [-0.4, -0.2) is 44.4 Å². The van der Waals surface area contributed by atoms with Gasteiger partial charge in [-0.15, -0.1) is 0 Å². The lowest BCUT2D eigenvalue weighted by Gasteiger charge is -2.19. The number of methoxy groups -OCH3 is 1. The Morgan fingerprint density at radius 1 is 1.28 bits per heavy atom. The minimum atomic E-state index is -4.49. The number of halogens is 3. The van der Waals surface area contributed by atoms with Gasteiger partial charge in [0.15, 0.2) is 0 Å². The van der Waals surface area contributed by atoms with Crippen LogP contribution in [0.25, 0.3) is 0 Å². The number of amides is 1. The van der Waals surface area contributed by atoms with Gasteiger partial charge in [-0.3, -0.25) is 4.79 Å². The first-order valence-corrected chi connectivity index (χ1v) is 5.19. The number of hydrogen-bond donors (Lipinski definition) is 1. The number of carbonyl (C=O) groups is 2. The van der Waals surface area contributed by atoms with Gasteiger partial charge < -0.3 is 14.8 Å². The Morgan fingerprint density at radius 3 is 2.22 bits per heavy atom. The molecule has 0 aromatic rings. The molecule has 106 valence electrons. The highest BCUT2D eigenvalue weighted by atomic mass is 19.4. The van der Waals surface area contributed by atoms with Crippen LogP contribution in [0.5, 0.6) is 0 Å². The van der Waals surface area contributed by atoms with Crippen LogP contribution in [0.1, 0.15) is 13.8 Å². The zero-order chi connectivity index (χ0) is 14.3. The maximum absolute atomic E-state index is 11.7. The Hall–Kier alpha value is -1.31. The molecule has 0 bridgehead atoms. The molecule has 0 aliphatic rings. The normalized spacial score (nSPS) is 13.3. The van der Waals surface area contributed by atoms with E-state index in [1.807, 2.05) is 0 Å². The van der Waals surface area contributed by atoms with E-state index < -0.39 is 37.3 Å². The Labute approximate surface area is 103 Å². The third-order valence-electron chi connectivity index (χ3n) is 1.94. The van der Waals surface area contributed by atoms with Crippen molar-refractivity contribution >= 4 is 11.9 Å². The molecule has 1 unspecified atom stereocenters. The van der Waals surface area contributed by atoms with Crippen LogP contribution in [0, 0.1) is 5.92 Å². The second-order valence-electron chi connectivity index (χ2n) is 3.92. The molecule has 0 radical (unpaired) electrons. The third kappa shape index (κ3) is 7.10. The molecule has 0 saturated heterocycles. The van der Waals surface area contributed by atoms with E-state index in [1.54, 1.807) is 13.8 Å². The predicted octanol–water partition coefficient (Wildman–Crippen LogP) is 0.879. The van der Waals surface area contributed by atoms with E-state index in [4.69, 9.17) is 0 Å². The van der Waals surface area contributed by atoms with Crippen LogP contribution in [0.2, 0.25) is 0 Å². The highest BCUT2D eigenvalue weighted by molar-refractivity contribution is 5.85. The van der Waals surface area contributed by atoms with Crippen molar-refractivity contribution in [3.8, 4) is 0 Å². The average Bonchev–Trinajstić information content (AvgIpc) is 2.22. The largest absolute Gasteiger partial charge is 0.467 e. The van der Waals surface area contributed by atoms with Crippen LogP contribution in [-0.2, 0) is 19.1 Å². The average molecular weight is 271 g/mol. The zero-order valence-corrected chi connectivity index (χ0v) is 10.3. The molecule has 0 aliphatic carbocycles. The van der Waals surface area contributed by atoms with Crippen molar-refractivity contribution in [2.24, 2.45) is 5.92 Å². The lowest BCUT2D eigenvalue weighted by Crippen LogP contribution is -2.46. The van der Waals surface area contributed by atoms with Gasteiger partial charge in [0, 0.05) is 0 Å². The van der Waals surface area contributed by atoms with Gasteiger partial charge in [0.25, 0.3) is 0 Å². The highest BCUT2D eigenvalue weighted by Crippen LogP contribution is 2.14. The monoisotopic (exact) mass is 271 g/mol. The molecule has 5 nitrogen and oxygen atoms in total. The van der Waals surface area contributed by atoms with E-state index in [9.17, 15) is 22.8 Å². The van der Waals surface area contributed by atoms with E-state index in [1.165, 1.54) is 0 Å². The number of carbonyl (C=O) groups excluding carboxylic acids is 2. The minimum absolute atomic E-state index is 0.246. The summed E-state index contributed by atoms with van der Waals surface area (Å²) in [5.41, 5.74) is 0. The number of alkyl halides is 3. The maximum Gasteiger partial charge on any atom is 0.411 e. The first-order valence-electron chi connectivity index (χ1n) is 5.19. The SMILES string of the molecule is COC(=O)C(NC(=O)COCC(F)(F)F)C(C)C. The number of ether oxygens (including phenoxy) is 2. The van der Waals surface area contributed by atoms with Gasteiger partial charge in [-0.1, -0.05) is 13.8 Å². The van der Waals surface area contributed by atoms with E-state index in [2.05, 4.69) is 14.8 Å². The van der Waals surface area contributed by atoms with Gasteiger partial charge in [0.1, 0.15) is 19.3 Å². The summed E-state index contributed by atoms with van der Waals surface area (Å²) in [4.78, 5) is 22.5. The standard InChI is InChI=1S/C10H16F3NO4/c1-6(2)8(9(16)17-3)14-7(15)4-18-5-10(11,12)13/h6,8H,4-5H2,1-3H3,(H,14,15). The van der Waals surface area contributed by atoms with E-state index in [-0.39, 0.29) is 5.92 Å². The van der Waals surface area contributed by atoms with Crippen molar-refractivity contribution in [3.05, 3.63) is 0 Å². The third-order valence-corrected chi connectivity index (χ3v) is 1.94. The second kappa shape index (κ2) is 7.20. The molecule has 1 amide bonds. The first-order chi connectivity index (χ1) is 8.17. The lowest BCUT2D eigenvalue weighted by atomic mass is 10.0. The molecule has 1 atom stereocenters. The number of rotatable bonds is 6. The summed E-state index contributed by atoms with van der Waals surface area (Å²) in [5.74, 6) is -1.71. The van der Waals surface area contributed by atoms with Crippen LogP contribution in [0.15, 0.2) is 0 Å². The molecule has 0 heterocycles. The fraction of sp³-hybridized carbons (Fsp3) is 0.800. The summed E-state index contributed by atoms with van der Waals surface area (Å²) in [6.45, 7) is 1.06. The molecular weight excluding hydrogens is 255 g/mol. The molecule has 0 rings (SSSR count). The van der Waals surface area contributed by atoms with Gasteiger partial charge in [-0.25, -0.2) is 4.79 Å². The molecule has 0 aliphatic heterocycles. The molecule has 0 spiro atoms. The van der Waals surface area contributed by atoms with Gasteiger partial charge in [-0.2, -0.15) is 13.2 Å². The Kier molecular flexibility index (Phi) is 6.67. The molecule has 0 saturated carbocycles. The van der Waals surface area contributed by atoms with E-state index in [0.29, 0.717) is 0 Å².